The molecule has 2 aromatic carbocycles. The van der Waals surface area contributed by atoms with E-state index in [9.17, 15) is 0 Å². The zero-order valence-electron chi connectivity index (χ0n) is 11.9. The zero-order chi connectivity index (χ0) is 15.2. The molecule has 0 unspecified atom stereocenters. The molecule has 0 saturated heterocycles. The Kier molecular flexibility index (Phi) is 5.76. The molecule has 0 bridgehead atoms. The molecule has 2 rings (SSSR count). The molecular formula is C16H16BrClO3. The molecule has 0 aliphatic heterocycles. The van der Waals surface area contributed by atoms with E-state index in [-0.39, 0.29) is 0 Å². The van der Waals surface area contributed by atoms with Crippen molar-refractivity contribution in [3.63, 3.8) is 0 Å². The average molecular weight is 372 g/mol. The lowest BCUT2D eigenvalue weighted by molar-refractivity contribution is 0.303. The highest BCUT2D eigenvalue weighted by Crippen LogP contribution is 2.29. The Bertz CT molecular complexity index is 616. The summed E-state index contributed by atoms with van der Waals surface area (Å²) in [6.45, 7) is 0.448. The Balaban J connectivity index is 2.09. The number of alkyl halides is 1. The van der Waals surface area contributed by atoms with Crippen molar-refractivity contribution in [3.8, 4) is 17.2 Å². The highest BCUT2D eigenvalue weighted by molar-refractivity contribution is 9.10. The minimum atomic E-state index is 0.439. The number of methoxy groups -OCH3 is 2. The van der Waals surface area contributed by atoms with E-state index < -0.39 is 0 Å². The number of rotatable bonds is 6. The van der Waals surface area contributed by atoms with Gasteiger partial charge in [-0.15, -0.1) is 11.6 Å². The second-order valence-corrected chi connectivity index (χ2v) is 5.49. The predicted octanol–water partition coefficient (Wildman–Crippen LogP) is 4.78. The van der Waals surface area contributed by atoms with Gasteiger partial charge in [-0.2, -0.15) is 0 Å². The summed E-state index contributed by atoms with van der Waals surface area (Å²) in [6.07, 6.45) is 0. The predicted molar refractivity (Wildman–Crippen MR) is 87.6 cm³/mol. The Hall–Kier alpha value is -1.39. The summed E-state index contributed by atoms with van der Waals surface area (Å²) >= 11 is 9.33. The van der Waals surface area contributed by atoms with Gasteiger partial charge in [0.15, 0.2) is 11.5 Å². The lowest BCUT2D eigenvalue weighted by atomic mass is 10.2. The molecule has 0 aromatic heterocycles. The van der Waals surface area contributed by atoms with Gasteiger partial charge in [0.2, 0.25) is 0 Å². The molecule has 0 spiro atoms. The van der Waals surface area contributed by atoms with Gasteiger partial charge in [0.1, 0.15) is 12.4 Å². The van der Waals surface area contributed by atoms with Crippen LogP contribution in [0.25, 0.3) is 0 Å². The van der Waals surface area contributed by atoms with Crippen LogP contribution >= 0.6 is 27.5 Å². The Labute approximate surface area is 137 Å². The van der Waals surface area contributed by atoms with E-state index >= 15 is 0 Å². The first-order valence-corrected chi connectivity index (χ1v) is 7.68. The van der Waals surface area contributed by atoms with Crippen molar-refractivity contribution < 1.29 is 14.2 Å². The third-order valence-corrected chi connectivity index (χ3v) is 4.08. The highest BCUT2D eigenvalue weighted by atomic mass is 79.9. The van der Waals surface area contributed by atoms with Crippen LogP contribution in [-0.4, -0.2) is 14.2 Å². The first-order chi connectivity index (χ1) is 10.2. The molecule has 5 heteroatoms. The average Bonchev–Trinajstić information content (AvgIpc) is 2.53. The second kappa shape index (κ2) is 7.57. The smallest absolute Gasteiger partial charge is 0.161 e. The largest absolute Gasteiger partial charge is 0.493 e. The first-order valence-electron chi connectivity index (χ1n) is 6.36. The van der Waals surface area contributed by atoms with Gasteiger partial charge in [0.05, 0.1) is 14.2 Å². The van der Waals surface area contributed by atoms with Gasteiger partial charge in [0, 0.05) is 10.4 Å². The van der Waals surface area contributed by atoms with Gasteiger partial charge in [-0.3, -0.25) is 0 Å². The van der Waals surface area contributed by atoms with Crippen LogP contribution in [0.2, 0.25) is 0 Å². The fraction of sp³-hybridized carbons (Fsp3) is 0.250. The molecule has 2 aromatic rings. The minimum Gasteiger partial charge on any atom is -0.493 e. The van der Waals surface area contributed by atoms with Crippen molar-refractivity contribution in [1.29, 1.82) is 0 Å². The molecule has 0 N–H and O–H groups in total. The normalized spacial score (nSPS) is 10.3. The fourth-order valence-electron chi connectivity index (χ4n) is 1.88. The molecule has 0 aliphatic rings. The van der Waals surface area contributed by atoms with Crippen molar-refractivity contribution in [2.24, 2.45) is 0 Å². The molecule has 0 heterocycles. The van der Waals surface area contributed by atoms with Crippen LogP contribution in [0, 0.1) is 0 Å². The molecule has 0 radical (unpaired) electrons. The Morgan fingerprint density at radius 1 is 1.00 bits per heavy atom. The summed E-state index contributed by atoms with van der Waals surface area (Å²) in [6, 6.07) is 11.5. The summed E-state index contributed by atoms with van der Waals surface area (Å²) in [5.74, 6) is 2.61. The van der Waals surface area contributed by atoms with E-state index in [1.165, 1.54) is 0 Å². The topological polar surface area (TPSA) is 27.7 Å². The highest BCUT2D eigenvalue weighted by Gasteiger charge is 2.06. The van der Waals surface area contributed by atoms with E-state index in [1.807, 2.05) is 36.4 Å². The summed E-state index contributed by atoms with van der Waals surface area (Å²) in [4.78, 5) is 0. The first kappa shape index (κ1) is 16.0. The minimum absolute atomic E-state index is 0.439. The van der Waals surface area contributed by atoms with E-state index in [1.54, 1.807) is 14.2 Å². The van der Waals surface area contributed by atoms with Crippen LogP contribution in [0.15, 0.2) is 40.9 Å². The van der Waals surface area contributed by atoms with Gasteiger partial charge in [-0.25, -0.2) is 0 Å². The molecular weight excluding hydrogens is 356 g/mol. The van der Waals surface area contributed by atoms with Crippen LogP contribution in [0.4, 0.5) is 0 Å². The fourth-order valence-corrected chi connectivity index (χ4v) is 2.65. The third kappa shape index (κ3) is 4.05. The van der Waals surface area contributed by atoms with Crippen LogP contribution in [0.1, 0.15) is 11.1 Å². The number of ether oxygens (including phenoxy) is 3. The van der Waals surface area contributed by atoms with Crippen molar-refractivity contribution in [2.75, 3.05) is 14.2 Å². The van der Waals surface area contributed by atoms with E-state index in [0.717, 1.165) is 21.3 Å². The molecule has 0 aliphatic carbocycles. The number of hydrogen-bond donors (Lipinski definition) is 0. The van der Waals surface area contributed by atoms with Crippen LogP contribution in [0.5, 0.6) is 17.2 Å². The zero-order valence-corrected chi connectivity index (χ0v) is 14.2. The number of benzene rings is 2. The van der Waals surface area contributed by atoms with Crippen LogP contribution in [0.3, 0.4) is 0 Å². The Morgan fingerprint density at radius 2 is 1.76 bits per heavy atom. The lowest BCUT2D eigenvalue weighted by Crippen LogP contribution is -1.98. The number of halogens is 2. The molecule has 0 fully saturated rings. The van der Waals surface area contributed by atoms with Gasteiger partial charge in [0.25, 0.3) is 0 Å². The maximum absolute atomic E-state index is 5.88. The van der Waals surface area contributed by atoms with Gasteiger partial charge in [-0.1, -0.05) is 22.0 Å². The van der Waals surface area contributed by atoms with Crippen LogP contribution < -0.4 is 14.2 Å². The summed E-state index contributed by atoms with van der Waals surface area (Å²) in [5.41, 5.74) is 2.00. The Morgan fingerprint density at radius 3 is 2.43 bits per heavy atom. The van der Waals surface area contributed by atoms with Gasteiger partial charge >= 0.3 is 0 Å². The van der Waals surface area contributed by atoms with E-state index in [4.69, 9.17) is 25.8 Å². The van der Waals surface area contributed by atoms with Crippen molar-refractivity contribution >= 4 is 27.5 Å². The maximum atomic E-state index is 5.88. The second-order valence-electron chi connectivity index (χ2n) is 4.36. The molecule has 0 amide bonds. The lowest BCUT2D eigenvalue weighted by Gasteiger charge is -2.11. The SMILES string of the molecule is COc1ccc(COc2ccc(Br)c(CCl)c2)cc1OC. The molecule has 3 nitrogen and oxygen atoms in total. The van der Waals surface area contributed by atoms with Crippen molar-refractivity contribution in [1.82, 2.24) is 0 Å². The van der Waals surface area contributed by atoms with Gasteiger partial charge < -0.3 is 14.2 Å². The van der Waals surface area contributed by atoms with E-state index in [2.05, 4.69) is 15.9 Å². The monoisotopic (exact) mass is 370 g/mol. The molecule has 21 heavy (non-hydrogen) atoms. The van der Waals surface area contributed by atoms with Crippen molar-refractivity contribution in [2.45, 2.75) is 12.5 Å². The molecule has 0 saturated carbocycles. The standard InChI is InChI=1S/C16H16BrClO3/c1-19-15-6-3-11(7-16(15)20-2)10-21-13-4-5-14(17)12(8-13)9-18/h3-8H,9-10H2,1-2H3. The summed E-state index contributed by atoms with van der Waals surface area (Å²) in [7, 11) is 3.23. The van der Waals surface area contributed by atoms with Crippen LogP contribution in [-0.2, 0) is 12.5 Å². The van der Waals surface area contributed by atoms with E-state index in [0.29, 0.717) is 24.0 Å². The molecule has 112 valence electrons. The maximum Gasteiger partial charge on any atom is 0.161 e. The summed E-state index contributed by atoms with van der Waals surface area (Å²) in [5, 5.41) is 0. The van der Waals surface area contributed by atoms with Gasteiger partial charge in [-0.05, 0) is 41.5 Å². The quantitative estimate of drug-likeness (QED) is 0.684. The third-order valence-electron chi connectivity index (χ3n) is 3.01. The number of hydrogen-bond acceptors (Lipinski definition) is 3. The molecule has 0 atom stereocenters. The van der Waals surface area contributed by atoms with Crippen molar-refractivity contribution in [3.05, 3.63) is 52.0 Å². The summed E-state index contributed by atoms with van der Waals surface area (Å²) < 4.78 is 17.3.